The average Bonchev–Trinajstić information content (AvgIpc) is 3.19. The quantitative estimate of drug-likeness (QED) is 0.238. The van der Waals surface area contributed by atoms with Gasteiger partial charge in [-0.25, -0.2) is 9.48 Å². The minimum Gasteiger partial charge on any atom is -0.478 e. The van der Waals surface area contributed by atoms with Gasteiger partial charge in [0, 0.05) is 30.1 Å². The van der Waals surface area contributed by atoms with E-state index in [1.54, 1.807) is 29.8 Å². The van der Waals surface area contributed by atoms with Crippen molar-refractivity contribution in [2.24, 2.45) is 0 Å². The lowest BCUT2D eigenvalue weighted by molar-refractivity contribution is -0.384. The van der Waals surface area contributed by atoms with Crippen molar-refractivity contribution < 1.29 is 19.2 Å². The Labute approximate surface area is 179 Å². The fourth-order valence-electron chi connectivity index (χ4n) is 2.78. The number of para-hydroxylation sites is 1. The topological polar surface area (TPSA) is 109 Å². The van der Waals surface area contributed by atoms with Crippen molar-refractivity contribution in [3.05, 3.63) is 82.7 Å². The van der Waals surface area contributed by atoms with E-state index in [0.29, 0.717) is 23.9 Å². The second kappa shape index (κ2) is 10.1. The first kappa shape index (κ1) is 21.6. The van der Waals surface area contributed by atoms with Gasteiger partial charge in [-0.1, -0.05) is 18.2 Å². The van der Waals surface area contributed by atoms with Crippen molar-refractivity contribution in [1.82, 2.24) is 9.78 Å². The lowest BCUT2D eigenvalue weighted by atomic mass is 10.2. The summed E-state index contributed by atoms with van der Waals surface area (Å²) in [6.45, 7) is 4.20. The Morgan fingerprint density at radius 1 is 1.13 bits per heavy atom. The Hall–Kier alpha value is -4.14. The number of carbonyl (C=O) groups excluding carboxylic acids is 1. The fraction of sp³-hybridized carbons (Fsp3) is 0.182. The maximum atomic E-state index is 12.6. The number of aromatic nitrogens is 2. The second-order valence-electron chi connectivity index (χ2n) is 6.27. The molecule has 3 rings (SSSR count). The molecule has 0 spiro atoms. The van der Waals surface area contributed by atoms with Gasteiger partial charge in [0.2, 0.25) is 5.88 Å². The Kier molecular flexibility index (Phi) is 7.00. The summed E-state index contributed by atoms with van der Waals surface area (Å²) >= 11 is 0. The molecule has 1 aromatic heterocycles. The van der Waals surface area contributed by atoms with Gasteiger partial charge in [-0.15, -0.1) is 0 Å². The molecule has 0 bridgehead atoms. The molecule has 0 radical (unpaired) electrons. The first-order valence-electron chi connectivity index (χ1n) is 9.70. The number of nitrogens with one attached hydrogen (secondary N) is 1. The zero-order valence-corrected chi connectivity index (χ0v) is 17.1. The molecule has 0 fully saturated rings. The summed E-state index contributed by atoms with van der Waals surface area (Å²) in [4.78, 5) is 23.0. The van der Waals surface area contributed by atoms with Crippen molar-refractivity contribution in [2.75, 3.05) is 18.5 Å². The van der Waals surface area contributed by atoms with Crippen LogP contribution in [0.1, 0.15) is 19.5 Å². The summed E-state index contributed by atoms with van der Waals surface area (Å²) in [5.41, 5.74) is 1.88. The van der Waals surface area contributed by atoms with Crippen LogP contribution in [0, 0.1) is 10.1 Å². The lowest BCUT2D eigenvalue weighted by Gasteiger charge is -2.07. The highest BCUT2D eigenvalue weighted by Gasteiger charge is 2.20. The molecule has 0 aliphatic rings. The summed E-state index contributed by atoms with van der Waals surface area (Å²) in [7, 11) is 0. The van der Waals surface area contributed by atoms with Gasteiger partial charge in [-0.2, -0.15) is 5.10 Å². The Morgan fingerprint density at radius 3 is 2.45 bits per heavy atom. The third-order valence-corrected chi connectivity index (χ3v) is 4.20. The van der Waals surface area contributed by atoms with Crippen LogP contribution in [0.25, 0.3) is 11.3 Å². The number of non-ortho nitro benzene ring substituents is 1. The van der Waals surface area contributed by atoms with Crippen LogP contribution in [0.5, 0.6) is 5.88 Å². The maximum Gasteiger partial charge on any atom is 0.341 e. The lowest BCUT2D eigenvalue weighted by Crippen LogP contribution is -2.09. The SMILES string of the molecule is CCOC(=O)/C(=C/Nc1ccc([N+](=O)[O-])cc1)c1cc(OCC)n(-c2ccccc2)n1. The van der Waals surface area contributed by atoms with Crippen molar-refractivity contribution in [3.63, 3.8) is 0 Å². The number of esters is 1. The van der Waals surface area contributed by atoms with Crippen LogP contribution >= 0.6 is 0 Å². The third kappa shape index (κ3) is 5.27. The number of rotatable bonds is 9. The Balaban J connectivity index is 1.97. The zero-order valence-electron chi connectivity index (χ0n) is 17.1. The molecule has 0 atom stereocenters. The molecular weight excluding hydrogens is 400 g/mol. The molecule has 31 heavy (non-hydrogen) atoms. The van der Waals surface area contributed by atoms with E-state index in [9.17, 15) is 14.9 Å². The monoisotopic (exact) mass is 422 g/mol. The minimum atomic E-state index is -0.558. The van der Waals surface area contributed by atoms with Crippen molar-refractivity contribution in [3.8, 4) is 11.6 Å². The molecular formula is C22H22N4O5. The standard InChI is InChI=1S/C22H22N4O5/c1-3-30-21-14-20(24-25(21)17-8-6-5-7-9-17)19(22(27)31-4-2)15-23-16-10-12-18(13-11-16)26(28)29/h5-15,23H,3-4H2,1-2H3/b19-15+. The maximum absolute atomic E-state index is 12.6. The normalized spacial score (nSPS) is 11.1. The summed E-state index contributed by atoms with van der Waals surface area (Å²) in [5, 5.41) is 18.3. The molecule has 0 aliphatic carbocycles. The molecule has 0 aliphatic heterocycles. The van der Waals surface area contributed by atoms with E-state index >= 15 is 0 Å². The molecule has 9 heteroatoms. The van der Waals surface area contributed by atoms with Crippen LogP contribution in [0.2, 0.25) is 0 Å². The van der Waals surface area contributed by atoms with Crippen LogP contribution in [0.3, 0.4) is 0 Å². The summed E-state index contributed by atoms with van der Waals surface area (Å²) in [6.07, 6.45) is 1.46. The predicted molar refractivity (Wildman–Crippen MR) is 116 cm³/mol. The van der Waals surface area contributed by atoms with E-state index in [2.05, 4.69) is 10.4 Å². The van der Waals surface area contributed by atoms with Gasteiger partial charge in [0.25, 0.3) is 5.69 Å². The van der Waals surface area contributed by atoms with Gasteiger partial charge >= 0.3 is 5.97 Å². The number of carbonyl (C=O) groups is 1. The highest BCUT2D eigenvalue weighted by Crippen LogP contribution is 2.25. The highest BCUT2D eigenvalue weighted by molar-refractivity contribution is 6.16. The van der Waals surface area contributed by atoms with E-state index in [-0.39, 0.29) is 17.9 Å². The van der Waals surface area contributed by atoms with Gasteiger partial charge < -0.3 is 14.8 Å². The Bertz CT molecular complexity index is 1080. The van der Waals surface area contributed by atoms with Crippen LogP contribution in [0.4, 0.5) is 11.4 Å². The summed E-state index contributed by atoms with van der Waals surface area (Å²) in [6, 6.07) is 16.9. The number of ether oxygens (including phenoxy) is 2. The molecule has 3 aromatic rings. The molecule has 160 valence electrons. The van der Waals surface area contributed by atoms with Gasteiger partial charge in [0.15, 0.2) is 0 Å². The number of hydrogen-bond acceptors (Lipinski definition) is 7. The molecule has 1 heterocycles. The first-order valence-corrected chi connectivity index (χ1v) is 9.70. The third-order valence-electron chi connectivity index (χ3n) is 4.20. The zero-order chi connectivity index (χ0) is 22.2. The van der Waals surface area contributed by atoms with E-state index in [0.717, 1.165) is 5.69 Å². The number of benzene rings is 2. The predicted octanol–water partition coefficient (Wildman–Crippen LogP) is 4.20. The van der Waals surface area contributed by atoms with E-state index < -0.39 is 10.9 Å². The van der Waals surface area contributed by atoms with E-state index in [1.807, 2.05) is 37.3 Å². The van der Waals surface area contributed by atoms with E-state index in [4.69, 9.17) is 9.47 Å². The largest absolute Gasteiger partial charge is 0.478 e. The molecule has 0 unspecified atom stereocenters. The molecule has 2 aromatic carbocycles. The first-order chi connectivity index (χ1) is 15.0. The van der Waals surface area contributed by atoms with Crippen LogP contribution < -0.4 is 10.1 Å². The van der Waals surface area contributed by atoms with Crippen LogP contribution in [-0.2, 0) is 9.53 Å². The number of nitro benzene ring substituents is 1. The molecule has 9 nitrogen and oxygen atoms in total. The fourth-order valence-corrected chi connectivity index (χ4v) is 2.78. The second-order valence-corrected chi connectivity index (χ2v) is 6.27. The highest BCUT2D eigenvalue weighted by atomic mass is 16.6. The van der Waals surface area contributed by atoms with Crippen molar-refractivity contribution in [2.45, 2.75) is 13.8 Å². The summed E-state index contributed by atoms with van der Waals surface area (Å²) in [5.74, 6) is -0.0769. The van der Waals surface area contributed by atoms with Crippen molar-refractivity contribution >= 4 is 22.9 Å². The van der Waals surface area contributed by atoms with Crippen molar-refractivity contribution in [1.29, 1.82) is 0 Å². The summed E-state index contributed by atoms with van der Waals surface area (Å²) < 4.78 is 12.5. The number of hydrogen-bond donors (Lipinski definition) is 1. The number of anilines is 1. The smallest absolute Gasteiger partial charge is 0.341 e. The average molecular weight is 422 g/mol. The molecule has 0 amide bonds. The van der Waals surface area contributed by atoms with Crippen LogP contribution in [0.15, 0.2) is 66.9 Å². The minimum absolute atomic E-state index is 0.0249. The number of nitro groups is 1. The molecule has 1 N–H and O–H groups in total. The number of nitrogens with zero attached hydrogens (tertiary/aromatic N) is 3. The molecule has 0 saturated carbocycles. The van der Waals surface area contributed by atoms with E-state index in [1.165, 1.54) is 18.3 Å². The molecule has 0 saturated heterocycles. The van der Waals surface area contributed by atoms with Crippen LogP contribution in [-0.4, -0.2) is 33.9 Å². The Morgan fingerprint density at radius 2 is 1.84 bits per heavy atom. The van der Waals surface area contributed by atoms with Gasteiger partial charge in [0.1, 0.15) is 11.3 Å². The van der Waals surface area contributed by atoms with Gasteiger partial charge in [-0.05, 0) is 38.1 Å². The van der Waals surface area contributed by atoms with Gasteiger partial charge in [0.05, 0.1) is 23.8 Å². The van der Waals surface area contributed by atoms with Gasteiger partial charge in [-0.3, -0.25) is 10.1 Å².